The molecule has 0 spiro atoms. The second-order valence-electron chi connectivity index (χ2n) is 6.09. The fourth-order valence-electron chi connectivity index (χ4n) is 2.75. The SMILES string of the molecule is CS(=O)(=O)c1ccc(OCC(=O)N2CCN(c3ccccn3)CC2)cc1. The molecular formula is C18H21N3O4S. The van der Waals surface area contributed by atoms with Crippen molar-refractivity contribution in [3.63, 3.8) is 0 Å². The number of pyridine rings is 1. The number of rotatable bonds is 5. The highest BCUT2D eigenvalue weighted by Crippen LogP contribution is 2.16. The van der Waals surface area contributed by atoms with Crippen molar-refractivity contribution in [3.05, 3.63) is 48.7 Å². The first kappa shape index (κ1) is 18.2. The summed E-state index contributed by atoms with van der Waals surface area (Å²) < 4.78 is 28.4. The average Bonchev–Trinajstić information content (AvgIpc) is 2.66. The zero-order chi connectivity index (χ0) is 18.6. The Morgan fingerprint density at radius 2 is 1.77 bits per heavy atom. The molecule has 0 saturated carbocycles. The van der Waals surface area contributed by atoms with Gasteiger partial charge in [0.25, 0.3) is 5.91 Å². The van der Waals surface area contributed by atoms with Crippen LogP contribution in [0.5, 0.6) is 5.75 Å². The van der Waals surface area contributed by atoms with Gasteiger partial charge in [-0.15, -0.1) is 0 Å². The van der Waals surface area contributed by atoms with Gasteiger partial charge in [-0.3, -0.25) is 4.79 Å². The molecule has 1 aromatic heterocycles. The molecule has 1 aliphatic rings. The number of hydrogen-bond donors (Lipinski definition) is 0. The van der Waals surface area contributed by atoms with Gasteiger partial charge in [0.1, 0.15) is 11.6 Å². The van der Waals surface area contributed by atoms with Gasteiger partial charge in [-0.1, -0.05) is 6.07 Å². The quantitative estimate of drug-likeness (QED) is 0.782. The summed E-state index contributed by atoms with van der Waals surface area (Å²) in [6, 6.07) is 11.8. The number of amides is 1. The summed E-state index contributed by atoms with van der Waals surface area (Å²) in [6.07, 6.45) is 2.91. The van der Waals surface area contributed by atoms with Crippen molar-refractivity contribution >= 4 is 21.6 Å². The van der Waals surface area contributed by atoms with Crippen LogP contribution < -0.4 is 9.64 Å². The van der Waals surface area contributed by atoms with Crippen molar-refractivity contribution in [1.29, 1.82) is 0 Å². The van der Waals surface area contributed by atoms with E-state index in [1.54, 1.807) is 23.2 Å². The van der Waals surface area contributed by atoms with Crippen LogP contribution >= 0.6 is 0 Å². The third-order valence-corrected chi connectivity index (χ3v) is 5.35. The highest BCUT2D eigenvalue weighted by Gasteiger charge is 2.22. The summed E-state index contributed by atoms with van der Waals surface area (Å²) in [5.41, 5.74) is 0. The molecule has 0 unspecified atom stereocenters. The van der Waals surface area contributed by atoms with Crippen LogP contribution in [0.25, 0.3) is 0 Å². The Morgan fingerprint density at radius 3 is 2.35 bits per heavy atom. The van der Waals surface area contributed by atoms with Crippen LogP contribution in [0.4, 0.5) is 5.82 Å². The first-order valence-corrected chi connectivity index (χ1v) is 10.2. The van der Waals surface area contributed by atoms with E-state index < -0.39 is 9.84 Å². The molecule has 0 aliphatic carbocycles. The first-order valence-electron chi connectivity index (χ1n) is 8.30. The number of anilines is 1. The van der Waals surface area contributed by atoms with Crippen LogP contribution in [-0.2, 0) is 14.6 Å². The summed E-state index contributed by atoms with van der Waals surface area (Å²) in [6.45, 7) is 2.62. The number of ether oxygens (including phenoxy) is 1. The van der Waals surface area contributed by atoms with Crippen LogP contribution in [-0.4, -0.2) is 63.3 Å². The van der Waals surface area contributed by atoms with E-state index in [4.69, 9.17) is 4.74 Å². The number of aromatic nitrogens is 1. The van der Waals surface area contributed by atoms with Gasteiger partial charge in [-0.2, -0.15) is 0 Å². The fourth-order valence-corrected chi connectivity index (χ4v) is 3.38. The van der Waals surface area contributed by atoms with E-state index in [0.717, 1.165) is 25.2 Å². The number of piperazine rings is 1. The lowest BCUT2D eigenvalue weighted by Crippen LogP contribution is -2.50. The Balaban J connectivity index is 1.49. The van der Waals surface area contributed by atoms with E-state index >= 15 is 0 Å². The molecule has 7 nitrogen and oxygen atoms in total. The van der Waals surface area contributed by atoms with E-state index in [0.29, 0.717) is 18.8 Å². The van der Waals surface area contributed by atoms with Gasteiger partial charge in [-0.25, -0.2) is 13.4 Å². The van der Waals surface area contributed by atoms with Gasteiger partial charge in [0.05, 0.1) is 4.90 Å². The largest absolute Gasteiger partial charge is 0.484 e. The van der Waals surface area contributed by atoms with E-state index in [1.807, 2.05) is 18.2 Å². The Labute approximate surface area is 153 Å². The summed E-state index contributed by atoms with van der Waals surface area (Å²) in [7, 11) is -3.24. The van der Waals surface area contributed by atoms with Gasteiger partial charge >= 0.3 is 0 Å². The molecule has 2 heterocycles. The Kier molecular flexibility index (Phi) is 5.41. The standard InChI is InChI=1S/C18H21N3O4S/c1-26(23,24)16-7-5-15(6-8-16)25-14-18(22)21-12-10-20(11-13-21)17-4-2-3-9-19-17/h2-9H,10-14H2,1H3. The van der Waals surface area contributed by atoms with Gasteiger partial charge in [-0.05, 0) is 36.4 Å². The number of sulfone groups is 1. The molecule has 0 N–H and O–H groups in total. The van der Waals surface area contributed by atoms with Crippen LogP contribution in [0.1, 0.15) is 0 Å². The molecule has 1 amide bonds. The minimum Gasteiger partial charge on any atom is -0.484 e. The molecule has 2 aromatic rings. The topological polar surface area (TPSA) is 79.8 Å². The maximum absolute atomic E-state index is 12.3. The van der Waals surface area contributed by atoms with E-state index in [2.05, 4.69) is 9.88 Å². The Hall–Kier alpha value is -2.61. The molecule has 8 heteroatoms. The van der Waals surface area contributed by atoms with Gasteiger partial charge in [0.2, 0.25) is 0 Å². The van der Waals surface area contributed by atoms with Crippen molar-refractivity contribution in [2.24, 2.45) is 0 Å². The summed E-state index contributed by atoms with van der Waals surface area (Å²) in [5.74, 6) is 1.30. The number of carbonyl (C=O) groups excluding carboxylic acids is 1. The maximum Gasteiger partial charge on any atom is 0.260 e. The second-order valence-corrected chi connectivity index (χ2v) is 8.10. The molecule has 26 heavy (non-hydrogen) atoms. The van der Waals surface area contributed by atoms with Gasteiger partial charge < -0.3 is 14.5 Å². The Morgan fingerprint density at radius 1 is 1.08 bits per heavy atom. The number of nitrogens with zero attached hydrogens (tertiary/aromatic N) is 3. The molecule has 1 aromatic carbocycles. The first-order chi connectivity index (χ1) is 12.4. The van der Waals surface area contributed by atoms with Crippen LogP contribution in [0.2, 0.25) is 0 Å². The van der Waals surface area contributed by atoms with Crippen molar-refractivity contribution < 1.29 is 17.9 Å². The summed E-state index contributed by atoms with van der Waals surface area (Å²) in [4.78, 5) is 20.8. The van der Waals surface area contributed by atoms with E-state index in [9.17, 15) is 13.2 Å². The summed E-state index contributed by atoms with van der Waals surface area (Å²) >= 11 is 0. The molecule has 138 valence electrons. The molecule has 3 rings (SSSR count). The minimum absolute atomic E-state index is 0.0677. The minimum atomic E-state index is -3.24. The van der Waals surface area contributed by atoms with Crippen molar-refractivity contribution in [1.82, 2.24) is 9.88 Å². The third-order valence-electron chi connectivity index (χ3n) is 4.22. The van der Waals surface area contributed by atoms with Crippen LogP contribution in [0.3, 0.4) is 0 Å². The molecule has 1 saturated heterocycles. The number of carbonyl (C=O) groups is 1. The summed E-state index contributed by atoms with van der Waals surface area (Å²) in [5, 5.41) is 0. The lowest BCUT2D eigenvalue weighted by molar-refractivity contribution is -0.133. The second kappa shape index (κ2) is 7.74. The van der Waals surface area contributed by atoms with Crippen LogP contribution in [0, 0.1) is 0 Å². The molecule has 0 atom stereocenters. The number of benzene rings is 1. The van der Waals surface area contributed by atoms with Crippen molar-refractivity contribution in [2.75, 3.05) is 43.9 Å². The molecule has 0 bridgehead atoms. The zero-order valence-corrected chi connectivity index (χ0v) is 15.4. The van der Waals surface area contributed by atoms with Gasteiger partial charge in [0.15, 0.2) is 16.4 Å². The third kappa shape index (κ3) is 4.51. The van der Waals surface area contributed by atoms with Crippen molar-refractivity contribution in [3.8, 4) is 5.75 Å². The zero-order valence-electron chi connectivity index (χ0n) is 14.5. The molecule has 1 aliphatic heterocycles. The van der Waals surface area contributed by atoms with E-state index in [1.165, 1.54) is 12.1 Å². The fraction of sp³-hybridized carbons (Fsp3) is 0.333. The maximum atomic E-state index is 12.3. The average molecular weight is 375 g/mol. The lowest BCUT2D eigenvalue weighted by Gasteiger charge is -2.35. The smallest absolute Gasteiger partial charge is 0.260 e. The van der Waals surface area contributed by atoms with Gasteiger partial charge in [0, 0.05) is 38.6 Å². The van der Waals surface area contributed by atoms with E-state index in [-0.39, 0.29) is 17.4 Å². The lowest BCUT2D eigenvalue weighted by atomic mass is 10.3. The normalized spacial score (nSPS) is 15.0. The highest BCUT2D eigenvalue weighted by atomic mass is 32.2. The predicted molar refractivity (Wildman–Crippen MR) is 98.1 cm³/mol. The van der Waals surface area contributed by atoms with Crippen LogP contribution in [0.15, 0.2) is 53.6 Å². The monoisotopic (exact) mass is 375 g/mol. The molecular weight excluding hydrogens is 354 g/mol. The van der Waals surface area contributed by atoms with Crippen molar-refractivity contribution in [2.45, 2.75) is 4.90 Å². The number of hydrogen-bond acceptors (Lipinski definition) is 6. The molecule has 1 fully saturated rings. The highest BCUT2D eigenvalue weighted by molar-refractivity contribution is 7.90. The predicted octanol–water partition coefficient (Wildman–Crippen LogP) is 1.21. The Bertz CT molecular complexity index is 846. The molecule has 0 radical (unpaired) electrons.